The van der Waals surface area contributed by atoms with E-state index in [1.165, 1.54) is 0 Å². The van der Waals surface area contributed by atoms with Gasteiger partial charge >= 0.3 is 0 Å². The zero-order chi connectivity index (χ0) is 14.6. The second-order valence-corrected chi connectivity index (χ2v) is 7.55. The first kappa shape index (κ1) is 15.8. The second-order valence-electron chi connectivity index (χ2n) is 4.64. The summed E-state index contributed by atoms with van der Waals surface area (Å²) in [7, 11) is -3.67. The van der Waals surface area contributed by atoms with Crippen LogP contribution in [0.2, 0.25) is 0 Å². The summed E-state index contributed by atoms with van der Waals surface area (Å²) in [5.41, 5.74) is 0.896. The van der Waals surface area contributed by atoms with E-state index in [-0.39, 0.29) is 11.6 Å². The number of sulfonamides is 1. The molecule has 3 N–H and O–H groups in total. The maximum atomic E-state index is 12.1. The van der Waals surface area contributed by atoms with Crippen molar-refractivity contribution in [1.29, 1.82) is 0 Å². The summed E-state index contributed by atoms with van der Waals surface area (Å²) in [5, 5.41) is 15.5. The summed E-state index contributed by atoms with van der Waals surface area (Å²) in [6.45, 7) is 4.37. The lowest BCUT2D eigenvalue weighted by atomic mass is 10.3. The highest BCUT2D eigenvalue weighted by atomic mass is 32.2. The van der Waals surface area contributed by atoms with Gasteiger partial charge < -0.3 is 10.0 Å². The Morgan fingerprint density at radius 1 is 1.45 bits per heavy atom. The van der Waals surface area contributed by atoms with E-state index < -0.39 is 10.0 Å². The van der Waals surface area contributed by atoms with E-state index in [9.17, 15) is 13.5 Å². The molecule has 1 aromatic rings. The summed E-state index contributed by atoms with van der Waals surface area (Å²) in [5.74, 6) is 2.19. The number of aliphatic hydroxyl groups is 1. The van der Waals surface area contributed by atoms with Gasteiger partial charge in [-0.15, -0.1) is 0 Å². The Balaban J connectivity index is 1.93. The zero-order valence-electron chi connectivity index (χ0n) is 11.4. The summed E-state index contributed by atoms with van der Waals surface area (Å²) < 4.78 is 26.8. The minimum absolute atomic E-state index is 0.105. The van der Waals surface area contributed by atoms with E-state index in [2.05, 4.69) is 19.8 Å². The van der Waals surface area contributed by atoms with Crippen LogP contribution in [-0.2, 0) is 16.6 Å². The Bertz CT molecular complexity index is 538. The van der Waals surface area contributed by atoms with Crippen LogP contribution < -0.4 is 4.72 Å². The number of aromatic amines is 1. The number of aliphatic hydroxyl groups excluding tert-OH is 1. The minimum Gasteiger partial charge on any atom is -0.392 e. The molecule has 0 bridgehead atoms. The quantitative estimate of drug-likeness (QED) is 0.656. The summed E-state index contributed by atoms with van der Waals surface area (Å²) in [4.78, 5) is 2.24. The van der Waals surface area contributed by atoms with Gasteiger partial charge in [0.2, 0.25) is 0 Å². The number of nitrogens with one attached hydrogen (secondary N) is 2. The van der Waals surface area contributed by atoms with Gasteiger partial charge in [0, 0.05) is 48.9 Å². The Labute approximate surface area is 123 Å². The third-order valence-corrected chi connectivity index (χ3v) is 5.65. The van der Waals surface area contributed by atoms with Crippen LogP contribution in [0.1, 0.15) is 11.3 Å². The topological polar surface area (TPSA) is 98.3 Å². The maximum Gasteiger partial charge on any atom is 0.260 e. The molecule has 114 valence electrons. The van der Waals surface area contributed by atoms with Gasteiger partial charge in [-0.2, -0.15) is 16.9 Å². The summed E-state index contributed by atoms with van der Waals surface area (Å²) in [6.07, 6.45) is 0. The normalized spacial score (nSPS) is 17.5. The van der Waals surface area contributed by atoms with Crippen LogP contribution >= 0.6 is 11.8 Å². The first-order chi connectivity index (χ1) is 9.54. The average molecular weight is 320 g/mol. The molecule has 0 saturated carbocycles. The third-order valence-electron chi connectivity index (χ3n) is 3.27. The van der Waals surface area contributed by atoms with Crippen LogP contribution in [0.15, 0.2) is 5.03 Å². The number of hydrogen-bond donors (Lipinski definition) is 3. The lowest BCUT2D eigenvalue weighted by molar-refractivity contribution is 0.277. The SMILES string of the molecule is Cc1[nH]nc(S(=O)(=O)NCCN2CCSCC2)c1CO. The molecule has 1 fully saturated rings. The fourth-order valence-electron chi connectivity index (χ4n) is 2.07. The second kappa shape index (κ2) is 6.90. The van der Waals surface area contributed by atoms with E-state index >= 15 is 0 Å². The number of H-pyrrole nitrogens is 1. The van der Waals surface area contributed by atoms with Crippen LogP contribution in [0.3, 0.4) is 0 Å². The first-order valence-electron chi connectivity index (χ1n) is 6.49. The Morgan fingerprint density at radius 3 is 2.80 bits per heavy atom. The van der Waals surface area contributed by atoms with E-state index in [4.69, 9.17) is 0 Å². The lowest BCUT2D eigenvalue weighted by Crippen LogP contribution is -2.39. The molecule has 7 nitrogen and oxygen atoms in total. The van der Waals surface area contributed by atoms with Crippen molar-refractivity contribution < 1.29 is 13.5 Å². The van der Waals surface area contributed by atoms with E-state index in [0.29, 0.717) is 24.3 Å². The average Bonchev–Trinajstić information content (AvgIpc) is 2.81. The molecule has 2 rings (SSSR count). The van der Waals surface area contributed by atoms with Crippen molar-refractivity contribution in [2.75, 3.05) is 37.7 Å². The van der Waals surface area contributed by atoms with Crippen molar-refractivity contribution in [1.82, 2.24) is 19.8 Å². The molecular formula is C11H20N4O3S2. The standard InChI is InChI=1S/C11H20N4O3S2/c1-9-10(8-16)11(14-13-9)20(17,18)12-2-3-15-4-6-19-7-5-15/h12,16H,2-8H2,1H3,(H,13,14). The highest BCUT2D eigenvalue weighted by molar-refractivity contribution is 7.99. The molecule has 1 aliphatic rings. The molecule has 1 aliphatic heterocycles. The monoisotopic (exact) mass is 320 g/mol. The minimum atomic E-state index is -3.67. The number of thioether (sulfide) groups is 1. The molecule has 0 spiro atoms. The Kier molecular flexibility index (Phi) is 5.44. The molecule has 0 radical (unpaired) electrons. The fraction of sp³-hybridized carbons (Fsp3) is 0.727. The highest BCUT2D eigenvalue weighted by Gasteiger charge is 2.23. The van der Waals surface area contributed by atoms with Crippen LogP contribution in [0.4, 0.5) is 0 Å². The number of aromatic nitrogens is 2. The van der Waals surface area contributed by atoms with E-state index in [1.807, 2.05) is 11.8 Å². The van der Waals surface area contributed by atoms with Crippen LogP contribution in [0, 0.1) is 6.92 Å². The zero-order valence-corrected chi connectivity index (χ0v) is 13.1. The first-order valence-corrected chi connectivity index (χ1v) is 9.13. The van der Waals surface area contributed by atoms with Crippen molar-refractivity contribution in [3.8, 4) is 0 Å². The molecule has 9 heteroatoms. The van der Waals surface area contributed by atoms with E-state index in [0.717, 1.165) is 24.6 Å². The molecule has 1 aromatic heterocycles. The predicted molar refractivity (Wildman–Crippen MR) is 78.2 cm³/mol. The van der Waals surface area contributed by atoms with Crippen molar-refractivity contribution in [2.45, 2.75) is 18.6 Å². The number of aryl methyl sites for hydroxylation is 1. The van der Waals surface area contributed by atoms with Gasteiger partial charge in [0.25, 0.3) is 10.0 Å². The van der Waals surface area contributed by atoms with Gasteiger partial charge in [-0.25, -0.2) is 13.1 Å². The van der Waals surface area contributed by atoms with E-state index in [1.54, 1.807) is 6.92 Å². The smallest absolute Gasteiger partial charge is 0.260 e. The van der Waals surface area contributed by atoms with Crippen LogP contribution in [0.5, 0.6) is 0 Å². The molecule has 20 heavy (non-hydrogen) atoms. The van der Waals surface area contributed by atoms with Crippen LogP contribution in [-0.4, -0.2) is 66.3 Å². The Morgan fingerprint density at radius 2 is 2.15 bits per heavy atom. The molecule has 2 heterocycles. The van der Waals surface area contributed by atoms with Crippen LogP contribution in [0.25, 0.3) is 0 Å². The molecule has 1 saturated heterocycles. The largest absolute Gasteiger partial charge is 0.392 e. The van der Waals surface area contributed by atoms with Gasteiger partial charge in [-0.05, 0) is 6.92 Å². The lowest BCUT2D eigenvalue weighted by Gasteiger charge is -2.25. The van der Waals surface area contributed by atoms with Gasteiger partial charge in [-0.3, -0.25) is 5.10 Å². The molecule has 0 amide bonds. The predicted octanol–water partition coefficient (Wildman–Crippen LogP) is -0.462. The fourth-order valence-corrected chi connectivity index (χ4v) is 4.25. The molecule has 0 aliphatic carbocycles. The molecule has 0 atom stereocenters. The van der Waals surface area contributed by atoms with Crippen molar-refractivity contribution >= 4 is 21.8 Å². The van der Waals surface area contributed by atoms with Gasteiger partial charge in [0.1, 0.15) is 0 Å². The number of rotatable bonds is 6. The number of nitrogens with zero attached hydrogens (tertiary/aromatic N) is 2. The summed E-state index contributed by atoms with van der Waals surface area (Å²) >= 11 is 1.92. The third kappa shape index (κ3) is 3.73. The van der Waals surface area contributed by atoms with Crippen molar-refractivity contribution in [3.63, 3.8) is 0 Å². The van der Waals surface area contributed by atoms with Crippen molar-refractivity contribution in [2.24, 2.45) is 0 Å². The molecular weight excluding hydrogens is 300 g/mol. The molecule has 0 aromatic carbocycles. The molecule has 0 unspecified atom stereocenters. The van der Waals surface area contributed by atoms with Gasteiger partial charge in [0.15, 0.2) is 5.03 Å². The Hall–Kier alpha value is -0.610. The van der Waals surface area contributed by atoms with Gasteiger partial charge in [0.05, 0.1) is 6.61 Å². The maximum absolute atomic E-state index is 12.1. The number of hydrogen-bond acceptors (Lipinski definition) is 6. The summed E-state index contributed by atoms with van der Waals surface area (Å²) in [6, 6.07) is 0. The highest BCUT2D eigenvalue weighted by Crippen LogP contribution is 2.15. The van der Waals surface area contributed by atoms with Gasteiger partial charge in [-0.1, -0.05) is 0 Å². The van der Waals surface area contributed by atoms with Crippen molar-refractivity contribution in [3.05, 3.63) is 11.3 Å².